The van der Waals surface area contributed by atoms with Gasteiger partial charge in [0, 0.05) is 12.8 Å². The largest absolute Gasteiger partial charge is 0.380 e. The molecule has 1 aromatic heterocycles. The average molecular weight is 307 g/mol. The van der Waals surface area contributed by atoms with Gasteiger partial charge in [-0.05, 0) is 45.8 Å². The van der Waals surface area contributed by atoms with Gasteiger partial charge in [0.25, 0.3) is 0 Å². The summed E-state index contributed by atoms with van der Waals surface area (Å²) in [6.07, 6.45) is 0. The van der Waals surface area contributed by atoms with E-state index in [0.717, 1.165) is 21.5 Å². The fraction of sp³-hybridized carbons (Fsp3) is 0.214. The third-order valence-electron chi connectivity index (χ3n) is 2.48. The Kier molecular flexibility index (Phi) is 4.73. The Morgan fingerprint density at radius 2 is 2.06 bits per heavy atom. The Balaban J connectivity index is 1.99. The van der Waals surface area contributed by atoms with Crippen LogP contribution in [0.2, 0.25) is 0 Å². The molecule has 0 unspecified atom stereocenters. The van der Waals surface area contributed by atoms with Crippen LogP contribution in [-0.4, -0.2) is 12.1 Å². The maximum absolute atomic E-state index is 5.12. The van der Waals surface area contributed by atoms with Crippen molar-refractivity contribution in [2.45, 2.75) is 13.2 Å². The van der Waals surface area contributed by atoms with Gasteiger partial charge in [-0.1, -0.05) is 18.2 Å². The molecule has 2 rings (SSSR count). The second-order valence-electron chi connectivity index (χ2n) is 3.94. The van der Waals surface area contributed by atoms with Crippen molar-refractivity contribution in [3.05, 3.63) is 58.3 Å². The minimum Gasteiger partial charge on any atom is -0.380 e. The number of hydrogen-bond acceptors (Lipinski definition) is 3. The van der Waals surface area contributed by atoms with Gasteiger partial charge in [0.1, 0.15) is 4.60 Å². The standard InChI is InChI=1S/C14H15BrN2O/c1-18-10-11-4-2-5-12(8-11)16-9-13-6-3-7-14(15)17-13/h2-8,16H,9-10H2,1H3. The van der Waals surface area contributed by atoms with E-state index in [9.17, 15) is 0 Å². The number of benzene rings is 1. The normalized spacial score (nSPS) is 10.3. The second kappa shape index (κ2) is 6.52. The number of nitrogens with one attached hydrogen (secondary N) is 1. The minimum atomic E-state index is 0.630. The lowest BCUT2D eigenvalue weighted by atomic mass is 10.2. The Bertz CT molecular complexity index is 517. The van der Waals surface area contributed by atoms with E-state index < -0.39 is 0 Å². The van der Waals surface area contributed by atoms with Crippen LogP contribution in [0.1, 0.15) is 11.3 Å². The van der Waals surface area contributed by atoms with Gasteiger partial charge in [-0.15, -0.1) is 0 Å². The zero-order chi connectivity index (χ0) is 12.8. The van der Waals surface area contributed by atoms with Crippen LogP contribution >= 0.6 is 15.9 Å². The number of hydrogen-bond donors (Lipinski definition) is 1. The third-order valence-corrected chi connectivity index (χ3v) is 2.93. The van der Waals surface area contributed by atoms with Crippen molar-refractivity contribution in [2.75, 3.05) is 12.4 Å². The molecule has 0 saturated carbocycles. The molecular formula is C14H15BrN2O. The summed E-state index contributed by atoms with van der Waals surface area (Å²) in [5, 5.41) is 3.35. The molecular weight excluding hydrogens is 292 g/mol. The van der Waals surface area contributed by atoms with Crippen LogP contribution in [0.25, 0.3) is 0 Å². The molecule has 94 valence electrons. The SMILES string of the molecule is COCc1cccc(NCc2cccc(Br)n2)c1. The summed E-state index contributed by atoms with van der Waals surface area (Å²) < 4.78 is 5.97. The molecule has 4 heteroatoms. The zero-order valence-corrected chi connectivity index (χ0v) is 11.8. The summed E-state index contributed by atoms with van der Waals surface area (Å²) >= 11 is 3.37. The van der Waals surface area contributed by atoms with Crippen molar-refractivity contribution >= 4 is 21.6 Å². The number of pyridine rings is 1. The molecule has 0 aliphatic heterocycles. The van der Waals surface area contributed by atoms with E-state index in [-0.39, 0.29) is 0 Å². The molecule has 0 aliphatic carbocycles. The number of ether oxygens (including phenoxy) is 1. The van der Waals surface area contributed by atoms with Crippen molar-refractivity contribution in [3.8, 4) is 0 Å². The molecule has 0 aliphatic rings. The maximum Gasteiger partial charge on any atom is 0.106 e. The first-order valence-corrected chi connectivity index (χ1v) is 6.50. The van der Waals surface area contributed by atoms with Crippen LogP contribution in [-0.2, 0) is 17.9 Å². The number of aromatic nitrogens is 1. The smallest absolute Gasteiger partial charge is 0.106 e. The van der Waals surface area contributed by atoms with Crippen LogP contribution in [0.4, 0.5) is 5.69 Å². The first-order valence-electron chi connectivity index (χ1n) is 5.71. The number of halogens is 1. The highest BCUT2D eigenvalue weighted by Gasteiger charge is 1.98. The molecule has 0 saturated heterocycles. The van der Waals surface area contributed by atoms with E-state index in [1.165, 1.54) is 0 Å². The summed E-state index contributed by atoms with van der Waals surface area (Å²) in [6, 6.07) is 14.1. The van der Waals surface area contributed by atoms with Gasteiger partial charge in [0.15, 0.2) is 0 Å². The first kappa shape index (κ1) is 13.1. The molecule has 0 spiro atoms. The van der Waals surface area contributed by atoms with Gasteiger partial charge in [0.2, 0.25) is 0 Å². The van der Waals surface area contributed by atoms with Gasteiger partial charge in [0.05, 0.1) is 18.8 Å². The summed E-state index contributed by atoms with van der Waals surface area (Å²) in [5.41, 5.74) is 3.23. The van der Waals surface area contributed by atoms with Crippen molar-refractivity contribution < 1.29 is 4.74 Å². The lowest BCUT2D eigenvalue weighted by molar-refractivity contribution is 0.185. The van der Waals surface area contributed by atoms with E-state index in [0.29, 0.717) is 13.2 Å². The van der Waals surface area contributed by atoms with Crippen molar-refractivity contribution in [2.24, 2.45) is 0 Å². The van der Waals surface area contributed by atoms with Crippen LogP contribution < -0.4 is 5.32 Å². The highest BCUT2D eigenvalue weighted by molar-refractivity contribution is 9.10. The Hall–Kier alpha value is -1.39. The minimum absolute atomic E-state index is 0.630. The Labute approximate surface area is 115 Å². The summed E-state index contributed by atoms with van der Waals surface area (Å²) in [6.45, 7) is 1.33. The highest BCUT2D eigenvalue weighted by Crippen LogP contribution is 2.13. The molecule has 1 aromatic carbocycles. The van der Waals surface area contributed by atoms with E-state index in [1.807, 2.05) is 36.4 Å². The molecule has 1 N–H and O–H groups in total. The quantitative estimate of drug-likeness (QED) is 0.857. The Morgan fingerprint density at radius 1 is 1.22 bits per heavy atom. The van der Waals surface area contributed by atoms with Gasteiger partial charge >= 0.3 is 0 Å². The van der Waals surface area contributed by atoms with Gasteiger partial charge < -0.3 is 10.1 Å². The predicted molar refractivity (Wildman–Crippen MR) is 76.4 cm³/mol. The van der Waals surface area contributed by atoms with Crippen molar-refractivity contribution in [1.29, 1.82) is 0 Å². The van der Waals surface area contributed by atoms with Crippen LogP contribution in [0.15, 0.2) is 47.1 Å². The van der Waals surface area contributed by atoms with Gasteiger partial charge in [-0.2, -0.15) is 0 Å². The zero-order valence-electron chi connectivity index (χ0n) is 10.2. The summed E-state index contributed by atoms with van der Waals surface area (Å²) in [5.74, 6) is 0. The van der Waals surface area contributed by atoms with E-state index in [4.69, 9.17) is 4.74 Å². The average Bonchev–Trinajstić information content (AvgIpc) is 2.37. The third kappa shape index (κ3) is 3.82. The predicted octanol–water partition coefficient (Wildman–Crippen LogP) is 3.60. The van der Waals surface area contributed by atoms with Gasteiger partial charge in [-0.3, -0.25) is 0 Å². The van der Waals surface area contributed by atoms with Crippen LogP contribution in [0, 0.1) is 0 Å². The van der Waals surface area contributed by atoms with E-state index in [1.54, 1.807) is 7.11 Å². The molecule has 0 amide bonds. The molecule has 0 bridgehead atoms. The molecule has 3 nitrogen and oxygen atoms in total. The molecule has 0 atom stereocenters. The fourth-order valence-electron chi connectivity index (χ4n) is 1.68. The van der Waals surface area contributed by atoms with Crippen LogP contribution in [0.3, 0.4) is 0 Å². The number of rotatable bonds is 5. The molecule has 2 aromatic rings. The lowest BCUT2D eigenvalue weighted by Gasteiger charge is -2.08. The molecule has 0 radical (unpaired) electrons. The van der Waals surface area contributed by atoms with E-state index in [2.05, 4.69) is 32.3 Å². The molecule has 1 heterocycles. The highest BCUT2D eigenvalue weighted by atomic mass is 79.9. The first-order chi connectivity index (χ1) is 8.78. The summed E-state index contributed by atoms with van der Waals surface area (Å²) in [4.78, 5) is 4.38. The number of nitrogens with zero attached hydrogens (tertiary/aromatic N) is 1. The Morgan fingerprint density at radius 3 is 2.83 bits per heavy atom. The maximum atomic E-state index is 5.12. The number of methoxy groups -OCH3 is 1. The topological polar surface area (TPSA) is 34.1 Å². The second-order valence-corrected chi connectivity index (χ2v) is 4.75. The summed E-state index contributed by atoms with van der Waals surface area (Å²) in [7, 11) is 1.70. The van der Waals surface area contributed by atoms with Crippen molar-refractivity contribution in [3.63, 3.8) is 0 Å². The van der Waals surface area contributed by atoms with Gasteiger partial charge in [-0.25, -0.2) is 4.98 Å². The van der Waals surface area contributed by atoms with Crippen molar-refractivity contribution in [1.82, 2.24) is 4.98 Å². The monoisotopic (exact) mass is 306 g/mol. The van der Waals surface area contributed by atoms with E-state index >= 15 is 0 Å². The van der Waals surface area contributed by atoms with Crippen LogP contribution in [0.5, 0.6) is 0 Å². The lowest BCUT2D eigenvalue weighted by Crippen LogP contribution is -2.02. The molecule has 18 heavy (non-hydrogen) atoms. The number of anilines is 1. The molecule has 0 fully saturated rings. The fourth-order valence-corrected chi connectivity index (χ4v) is 2.06.